The van der Waals surface area contributed by atoms with Gasteiger partial charge in [-0.15, -0.1) is 0 Å². The third-order valence-corrected chi connectivity index (χ3v) is 7.96. The maximum atomic E-state index is 9.44. The highest BCUT2D eigenvalue weighted by Crippen LogP contribution is 2.52. The molecule has 0 bridgehead atoms. The molecule has 2 aromatic rings. The first-order chi connectivity index (χ1) is 14.7. The van der Waals surface area contributed by atoms with Gasteiger partial charge in [0.1, 0.15) is 0 Å². The number of rotatable bonds is 5. The summed E-state index contributed by atoms with van der Waals surface area (Å²) in [7, 11) is -0.512. The van der Waals surface area contributed by atoms with Gasteiger partial charge in [0, 0.05) is 23.6 Å². The van der Waals surface area contributed by atoms with E-state index in [-0.39, 0.29) is 12.8 Å². The first-order valence-electron chi connectivity index (χ1n) is 11.5. The summed E-state index contributed by atoms with van der Waals surface area (Å²) in [6, 6.07) is 2.03. The monoisotopic (exact) mass is 446 g/mol. The first-order valence-corrected chi connectivity index (χ1v) is 11.9. The Morgan fingerprint density at radius 3 is 2.61 bits per heavy atom. The van der Waals surface area contributed by atoms with E-state index in [1.54, 1.807) is 0 Å². The number of hydrogen-bond acceptors (Lipinski definition) is 5. The van der Waals surface area contributed by atoms with E-state index in [2.05, 4.69) is 27.7 Å². The van der Waals surface area contributed by atoms with Crippen LogP contribution in [0.4, 0.5) is 0 Å². The predicted molar refractivity (Wildman–Crippen MR) is 122 cm³/mol. The minimum Gasteiger partial charge on any atom is -0.399 e. The van der Waals surface area contributed by atoms with E-state index >= 15 is 0 Å². The Hall–Kier alpha value is -1.12. The van der Waals surface area contributed by atoms with Gasteiger partial charge in [-0.2, -0.15) is 5.10 Å². The van der Waals surface area contributed by atoms with Crippen LogP contribution in [-0.2, 0) is 14.0 Å². The Bertz CT molecular complexity index is 970. The van der Waals surface area contributed by atoms with Crippen LogP contribution < -0.4 is 5.46 Å². The smallest absolute Gasteiger partial charge is 0.399 e. The van der Waals surface area contributed by atoms with Crippen molar-refractivity contribution in [2.45, 2.75) is 83.1 Å². The molecule has 1 unspecified atom stereocenters. The van der Waals surface area contributed by atoms with Crippen LogP contribution >= 0.6 is 11.6 Å². The van der Waals surface area contributed by atoms with Crippen LogP contribution in [-0.4, -0.2) is 46.4 Å². The van der Waals surface area contributed by atoms with Crippen molar-refractivity contribution < 1.29 is 19.2 Å². The van der Waals surface area contributed by atoms with Gasteiger partial charge in [-0.3, -0.25) is 0 Å². The molecule has 0 amide bonds. The molecule has 3 fully saturated rings. The summed E-state index contributed by atoms with van der Waals surface area (Å²) in [5, 5.41) is 15.9. The summed E-state index contributed by atoms with van der Waals surface area (Å²) in [6.07, 6.45) is 6.83. The van der Waals surface area contributed by atoms with Crippen LogP contribution in [0.2, 0.25) is 5.02 Å². The molecule has 1 saturated carbocycles. The fraction of sp³-hybridized carbons (Fsp3) is 0.696. The highest BCUT2D eigenvalue weighted by molar-refractivity contribution is 6.66. The van der Waals surface area contributed by atoms with Crippen molar-refractivity contribution >= 4 is 35.1 Å². The van der Waals surface area contributed by atoms with Crippen molar-refractivity contribution in [3.05, 3.63) is 22.8 Å². The average Bonchev–Trinajstić information content (AvgIpc) is 3.27. The fourth-order valence-corrected chi connectivity index (χ4v) is 5.36. The van der Waals surface area contributed by atoms with Gasteiger partial charge in [0.25, 0.3) is 0 Å². The second-order valence-corrected chi connectivity index (χ2v) is 10.6. The SMILES string of the molecule is CC1(C)OB(c2c([C@@H]3C[C@@H]3CCO)c(Cl)cc3c2cnn3C2CCCCO2)OC1(C)C. The van der Waals surface area contributed by atoms with E-state index in [0.29, 0.717) is 11.8 Å². The molecule has 1 aromatic heterocycles. The molecule has 3 aliphatic rings. The van der Waals surface area contributed by atoms with E-state index in [1.807, 2.05) is 16.9 Å². The van der Waals surface area contributed by atoms with Crippen LogP contribution in [0.3, 0.4) is 0 Å². The number of hydrogen-bond donors (Lipinski definition) is 1. The molecule has 5 rings (SSSR count). The fourth-order valence-electron chi connectivity index (χ4n) is 5.02. The zero-order valence-corrected chi connectivity index (χ0v) is 19.6. The minimum atomic E-state index is -0.512. The van der Waals surface area contributed by atoms with E-state index in [4.69, 9.17) is 30.7 Å². The van der Waals surface area contributed by atoms with Crippen molar-refractivity contribution in [1.29, 1.82) is 0 Å². The second-order valence-electron chi connectivity index (χ2n) is 10.2. The Morgan fingerprint density at radius 2 is 1.97 bits per heavy atom. The third kappa shape index (κ3) is 3.63. The molecule has 2 saturated heterocycles. The number of halogens is 1. The van der Waals surface area contributed by atoms with Crippen molar-refractivity contribution in [1.82, 2.24) is 9.78 Å². The van der Waals surface area contributed by atoms with Gasteiger partial charge < -0.3 is 19.2 Å². The number of benzene rings is 1. The van der Waals surface area contributed by atoms with Gasteiger partial charge in [0.05, 0.1) is 22.9 Å². The predicted octanol–water partition coefficient (Wildman–Crippen LogP) is 4.17. The molecule has 1 aliphatic carbocycles. The van der Waals surface area contributed by atoms with Gasteiger partial charge in [0.15, 0.2) is 6.23 Å². The van der Waals surface area contributed by atoms with Gasteiger partial charge in [0.2, 0.25) is 0 Å². The number of aromatic nitrogens is 2. The lowest BCUT2D eigenvalue weighted by Crippen LogP contribution is -2.41. The molecular formula is C23H32BClN2O4. The normalized spacial score (nSPS) is 29.6. The number of aliphatic hydroxyl groups is 1. The molecular weight excluding hydrogens is 415 g/mol. The van der Waals surface area contributed by atoms with Crippen molar-refractivity contribution in [3.8, 4) is 0 Å². The number of fused-ring (bicyclic) bond motifs is 1. The van der Waals surface area contributed by atoms with Gasteiger partial charge in [-0.25, -0.2) is 4.68 Å². The topological polar surface area (TPSA) is 65.7 Å². The maximum absolute atomic E-state index is 9.44. The molecule has 0 radical (unpaired) electrons. The van der Waals surface area contributed by atoms with Crippen molar-refractivity contribution in [3.63, 3.8) is 0 Å². The summed E-state index contributed by atoms with van der Waals surface area (Å²) in [6.45, 7) is 9.23. The average molecular weight is 447 g/mol. The Labute approximate surface area is 189 Å². The summed E-state index contributed by atoms with van der Waals surface area (Å²) in [4.78, 5) is 0. The van der Waals surface area contributed by atoms with Crippen LogP contribution in [0, 0.1) is 5.92 Å². The number of ether oxygens (including phenoxy) is 1. The summed E-state index contributed by atoms with van der Waals surface area (Å²) < 4.78 is 20.9. The molecule has 31 heavy (non-hydrogen) atoms. The molecule has 3 heterocycles. The van der Waals surface area contributed by atoms with Crippen LogP contribution in [0.15, 0.2) is 12.3 Å². The molecule has 0 spiro atoms. The molecule has 2 aliphatic heterocycles. The Kier molecular flexibility index (Phi) is 5.42. The zero-order chi connectivity index (χ0) is 22.0. The first kappa shape index (κ1) is 21.7. The minimum absolute atomic E-state index is 0.0672. The van der Waals surface area contributed by atoms with Crippen molar-refractivity contribution in [2.24, 2.45) is 5.92 Å². The van der Waals surface area contributed by atoms with Crippen LogP contribution in [0.25, 0.3) is 10.9 Å². The van der Waals surface area contributed by atoms with Crippen LogP contribution in [0.1, 0.15) is 77.5 Å². The van der Waals surface area contributed by atoms with E-state index in [9.17, 15) is 5.11 Å². The largest absolute Gasteiger partial charge is 0.495 e. The molecule has 168 valence electrons. The molecule has 8 heteroatoms. The lowest BCUT2D eigenvalue weighted by atomic mass is 9.72. The van der Waals surface area contributed by atoms with Gasteiger partial charge in [-0.1, -0.05) is 11.6 Å². The van der Waals surface area contributed by atoms with E-state index < -0.39 is 18.3 Å². The summed E-state index contributed by atoms with van der Waals surface area (Å²) in [5.41, 5.74) is 2.16. The highest BCUT2D eigenvalue weighted by Gasteiger charge is 2.54. The Balaban J connectivity index is 1.64. The molecule has 1 aromatic carbocycles. The van der Waals surface area contributed by atoms with Crippen molar-refractivity contribution in [2.75, 3.05) is 13.2 Å². The molecule has 3 atom stereocenters. The number of nitrogens with zero attached hydrogens (tertiary/aromatic N) is 2. The molecule has 6 nitrogen and oxygen atoms in total. The maximum Gasteiger partial charge on any atom is 0.495 e. The number of aliphatic hydroxyl groups excluding tert-OH is 1. The lowest BCUT2D eigenvalue weighted by molar-refractivity contribution is -0.0366. The van der Waals surface area contributed by atoms with E-state index in [1.165, 1.54) is 0 Å². The highest BCUT2D eigenvalue weighted by atomic mass is 35.5. The Morgan fingerprint density at radius 1 is 1.23 bits per heavy atom. The van der Waals surface area contributed by atoms with Crippen LogP contribution in [0.5, 0.6) is 0 Å². The third-order valence-electron chi connectivity index (χ3n) is 7.65. The quantitative estimate of drug-likeness (QED) is 0.698. The summed E-state index contributed by atoms with van der Waals surface area (Å²) in [5.74, 6) is 0.755. The zero-order valence-electron chi connectivity index (χ0n) is 18.9. The standard InChI is InChI=1S/C23H32BClN2O4/c1-22(2)23(3,4)31-24(30-22)21-16-13-26-27(19-7-5-6-10-29-19)18(16)12-17(25)20(21)15-11-14(15)8-9-28/h12-15,19,28H,5-11H2,1-4H3/t14-,15+,19?/m0/s1. The van der Waals surface area contributed by atoms with Gasteiger partial charge in [-0.05, 0) is 88.7 Å². The molecule has 1 N–H and O–H groups in total. The summed E-state index contributed by atoms with van der Waals surface area (Å²) >= 11 is 6.94. The van der Waals surface area contributed by atoms with E-state index in [0.717, 1.165) is 65.7 Å². The second kappa shape index (κ2) is 7.74. The van der Waals surface area contributed by atoms with Gasteiger partial charge >= 0.3 is 7.12 Å². The lowest BCUT2D eigenvalue weighted by Gasteiger charge is -2.32.